The minimum Gasteiger partial charge on any atom is -0.494 e. The number of rotatable bonds is 6. The molecule has 1 amide bonds. The topological polar surface area (TPSA) is 81.5 Å². The van der Waals surface area contributed by atoms with Crippen LogP contribution in [0.5, 0.6) is 5.75 Å². The number of hydrogen-bond acceptors (Lipinski definition) is 4. The highest BCUT2D eigenvalue weighted by molar-refractivity contribution is 6.04. The fourth-order valence-electron chi connectivity index (χ4n) is 1.82. The minimum atomic E-state index is -0.504. The Kier molecular flexibility index (Phi) is 5.08. The van der Waals surface area contributed by atoms with E-state index in [1.807, 2.05) is 13.0 Å². The first-order chi connectivity index (χ1) is 10.6. The average Bonchev–Trinajstić information content (AvgIpc) is 2.53. The molecule has 1 N–H and O–H groups in total. The van der Waals surface area contributed by atoms with Crippen LogP contribution in [0.15, 0.2) is 48.5 Å². The molecule has 0 saturated heterocycles. The summed E-state index contributed by atoms with van der Waals surface area (Å²) in [5, 5.41) is 13.3. The maximum Gasteiger partial charge on any atom is 0.269 e. The lowest BCUT2D eigenvalue weighted by Crippen LogP contribution is -2.11. The molecule has 0 aliphatic rings. The number of nitrogens with zero attached hydrogens (tertiary/aromatic N) is 1. The lowest BCUT2D eigenvalue weighted by atomic mass is 10.2. The van der Waals surface area contributed by atoms with Gasteiger partial charge in [0.25, 0.3) is 11.6 Å². The molecule has 114 valence electrons. The summed E-state index contributed by atoms with van der Waals surface area (Å²) in [6.07, 6.45) is 0.902. The summed E-state index contributed by atoms with van der Waals surface area (Å²) in [4.78, 5) is 22.2. The standard InChI is InChI=1S/C16H16N2O4/c1-2-10-22-15-5-3-4-13(11-15)17-16(19)12-6-8-14(9-7-12)18(20)21/h3-9,11H,2,10H2,1H3,(H,17,19). The molecule has 6 heteroatoms. The maximum absolute atomic E-state index is 12.1. The van der Waals surface area contributed by atoms with Crippen molar-refractivity contribution >= 4 is 17.3 Å². The smallest absolute Gasteiger partial charge is 0.269 e. The summed E-state index contributed by atoms with van der Waals surface area (Å²) < 4.78 is 5.50. The molecule has 22 heavy (non-hydrogen) atoms. The first-order valence-corrected chi connectivity index (χ1v) is 6.89. The monoisotopic (exact) mass is 300 g/mol. The van der Waals surface area contributed by atoms with Crippen molar-refractivity contribution < 1.29 is 14.5 Å². The maximum atomic E-state index is 12.1. The first kappa shape index (κ1) is 15.5. The van der Waals surface area contributed by atoms with E-state index in [1.165, 1.54) is 24.3 Å². The molecule has 2 aromatic rings. The van der Waals surface area contributed by atoms with E-state index in [1.54, 1.807) is 18.2 Å². The molecule has 0 aliphatic heterocycles. The number of nitro groups is 1. The van der Waals surface area contributed by atoms with Crippen LogP contribution >= 0.6 is 0 Å². The number of nitrogens with one attached hydrogen (secondary N) is 1. The molecule has 0 atom stereocenters. The van der Waals surface area contributed by atoms with Gasteiger partial charge in [0.15, 0.2) is 0 Å². The summed E-state index contributed by atoms with van der Waals surface area (Å²) in [5.74, 6) is 0.353. The van der Waals surface area contributed by atoms with Gasteiger partial charge in [0.2, 0.25) is 0 Å². The van der Waals surface area contributed by atoms with E-state index in [0.717, 1.165) is 6.42 Å². The van der Waals surface area contributed by atoms with Gasteiger partial charge >= 0.3 is 0 Å². The van der Waals surface area contributed by atoms with E-state index in [2.05, 4.69) is 5.32 Å². The molecule has 0 saturated carbocycles. The Hall–Kier alpha value is -2.89. The van der Waals surface area contributed by atoms with E-state index >= 15 is 0 Å². The lowest BCUT2D eigenvalue weighted by Gasteiger charge is -2.08. The molecule has 0 fully saturated rings. The van der Waals surface area contributed by atoms with Crippen molar-refractivity contribution in [3.8, 4) is 5.75 Å². The van der Waals surface area contributed by atoms with Crippen LogP contribution in [0.1, 0.15) is 23.7 Å². The van der Waals surface area contributed by atoms with E-state index in [0.29, 0.717) is 23.6 Å². The molecule has 0 bridgehead atoms. The van der Waals surface area contributed by atoms with Gasteiger partial charge in [0.05, 0.1) is 11.5 Å². The summed E-state index contributed by atoms with van der Waals surface area (Å²) in [6.45, 7) is 2.62. The van der Waals surface area contributed by atoms with Gasteiger partial charge in [-0.05, 0) is 30.7 Å². The second-order valence-electron chi connectivity index (χ2n) is 4.63. The Labute approximate surface area is 127 Å². The number of benzene rings is 2. The van der Waals surface area contributed by atoms with E-state index in [9.17, 15) is 14.9 Å². The number of non-ortho nitro benzene ring substituents is 1. The minimum absolute atomic E-state index is 0.0495. The number of amides is 1. The zero-order valence-electron chi connectivity index (χ0n) is 12.1. The highest BCUT2D eigenvalue weighted by atomic mass is 16.6. The van der Waals surface area contributed by atoms with Crippen LogP contribution in [0.25, 0.3) is 0 Å². The van der Waals surface area contributed by atoms with Gasteiger partial charge in [0, 0.05) is 29.4 Å². The van der Waals surface area contributed by atoms with Crippen LogP contribution in [0, 0.1) is 10.1 Å². The summed E-state index contributed by atoms with van der Waals surface area (Å²) >= 11 is 0. The van der Waals surface area contributed by atoms with Crippen molar-refractivity contribution in [3.63, 3.8) is 0 Å². The van der Waals surface area contributed by atoms with E-state index in [4.69, 9.17) is 4.74 Å². The normalized spacial score (nSPS) is 10.0. The third kappa shape index (κ3) is 4.05. The number of anilines is 1. The highest BCUT2D eigenvalue weighted by Crippen LogP contribution is 2.19. The molecule has 0 radical (unpaired) electrons. The van der Waals surface area contributed by atoms with Gasteiger partial charge in [-0.1, -0.05) is 13.0 Å². The van der Waals surface area contributed by atoms with Crippen molar-refractivity contribution in [1.82, 2.24) is 0 Å². The number of ether oxygens (including phenoxy) is 1. The molecular formula is C16H16N2O4. The first-order valence-electron chi connectivity index (χ1n) is 6.89. The van der Waals surface area contributed by atoms with Gasteiger partial charge < -0.3 is 10.1 Å². The van der Waals surface area contributed by atoms with Gasteiger partial charge in [-0.3, -0.25) is 14.9 Å². The van der Waals surface area contributed by atoms with Crippen LogP contribution in [0.2, 0.25) is 0 Å². The molecule has 0 heterocycles. The SMILES string of the molecule is CCCOc1cccc(NC(=O)c2ccc([N+](=O)[O-])cc2)c1. The molecule has 0 aromatic heterocycles. The Balaban J connectivity index is 2.06. The van der Waals surface area contributed by atoms with Gasteiger partial charge in [-0.25, -0.2) is 0 Å². The van der Waals surface area contributed by atoms with Crippen molar-refractivity contribution in [3.05, 3.63) is 64.2 Å². The van der Waals surface area contributed by atoms with E-state index < -0.39 is 4.92 Å². The average molecular weight is 300 g/mol. The van der Waals surface area contributed by atoms with Crippen molar-refractivity contribution in [2.75, 3.05) is 11.9 Å². The summed E-state index contributed by atoms with van der Waals surface area (Å²) in [5.41, 5.74) is 0.911. The predicted octanol–water partition coefficient (Wildman–Crippen LogP) is 3.64. The molecule has 2 aromatic carbocycles. The van der Waals surface area contributed by atoms with Crippen LogP contribution in [0.3, 0.4) is 0 Å². The summed E-state index contributed by atoms with van der Waals surface area (Å²) in [6, 6.07) is 12.5. The lowest BCUT2D eigenvalue weighted by molar-refractivity contribution is -0.384. The fourth-order valence-corrected chi connectivity index (χ4v) is 1.82. The second kappa shape index (κ2) is 7.21. The van der Waals surface area contributed by atoms with Crippen LogP contribution in [0.4, 0.5) is 11.4 Å². The fraction of sp³-hybridized carbons (Fsp3) is 0.188. The van der Waals surface area contributed by atoms with Crippen molar-refractivity contribution in [2.45, 2.75) is 13.3 Å². The predicted molar refractivity (Wildman–Crippen MR) is 83.3 cm³/mol. The number of carbonyl (C=O) groups is 1. The zero-order chi connectivity index (χ0) is 15.9. The summed E-state index contributed by atoms with van der Waals surface area (Å²) in [7, 11) is 0. The van der Waals surface area contributed by atoms with Crippen molar-refractivity contribution in [1.29, 1.82) is 0 Å². The largest absolute Gasteiger partial charge is 0.494 e. The Bertz CT molecular complexity index is 668. The second-order valence-corrected chi connectivity index (χ2v) is 4.63. The third-order valence-electron chi connectivity index (χ3n) is 2.91. The van der Waals surface area contributed by atoms with E-state index in [-0.39, 0.29) is 11.6 Å². The molecule has 0 unspecified atom stereocenters. The zero-order valence-corrected chi connectivity index (χ0v) is 12.1. The quantitative estimate of drug-likeness (QED) is 0.652. The molecular weight excluding hydrogens is 284 g/mol. The number of nitro benzene ring substituents is 1. The van der Waals surface area contributed by atoms with Crippen LogP contribution in [-0.2, 0) is 0 Å². The van der Waals surface area contributed by atoms with Crippen molar-refractivity contribution in [2.24, 2.45) is 0 Å². The highest BCUT2D eigenvalue weighted by Gasteiger charge is 2.10. The molecule has 2 rings (SSSR count). The van der Waals surface area contributed by atoms with Crippen LogP contribution in [-0.4, -0.2) is 17.4 Å². The number of carbonyl (C=O) groups excluding carboxylic acids is 1. The number of hydrogen-bond donors (Lipinski definition) is 1. The molecule has 0 aliphatic carbocycles. The Morgan fingerprint density at radius 2 is 1.95 bits per heavy atom. The Morgan fingerprint density at radius 1 is 1.23 bits per heavy atom. The van der Waals surface area contributed by atoms with Crippen LogP contribution < -0.4 is 10.1 Å². The van der Waals surface area contributed by atoms with Gasteiger partial charge in [-0.15, -0.1) is 0 Å². The van der Waals surface area contributed by atoms with Gasteiger partial charge in [-0.2, -0.15) is 0 Å². The molecule has 6 nitrogen and oxygen atoms in total. The molecule has 0 spiro atoms. The third-order valence-corrected chi connectivity index (χ3v) is 2.91. The Morgan fingerprint density at radius 3 is 2.59 bits per heavy atom. The van der Waals surface area contributed by atoms with Gasteiger partial charge in [0.1, 0.15) is 5.75 Å².